The summed E-state index contributed by atoms with van der Waals surface area (Å²) in [5.41, 5.74) is 6.75. The highest BCUT2D eigenvalue weighted by Crippen LogP contribution is 2.24. The van der Waals surface area contributed by atoms with Gasteiger partial charge in [-0.15, -0.1) is 12.4 Å². The molecule has 1 unspecified atom stereocenters. The van der Waals surface area contributed by atoms with E-state index in [0.29, 0.717) is 42.2 Å². The summed E-state index contributed by atoms with van der Waals surface area (Å²) in [4.78, 5) is 39.1. The van der Waals surface area contributed by atoms with E-state index in [4.69, 9.17) is 5.73 Å². The average Bonchev–Trinajstić information content (AvgIpc) is 3.07. The fraction of sp³-hybridized carbons (Fsp3) is 0.400. The number of fused-ring (bicyclic) bond motifs is 1. The number of nitrogens with zero attached hydrogens (tertiary/aromatic N) is 2. The first-order chi connectivity index (χ1) is 10.0. The molecule has 7 heteroatoms. The molecule has 0 spiro atoms. The monoisotopic (exact) mass is 323 g/mol. The number of nitrogens with two attached hydrogens (primary N) is 1. The summed E-state index contributed by atoms with van der Waals surface area (Å²) in [7, 11) is 1.44. The maximum absolute atomic E-state index is 12.5. The van der Waals surface area contributed by atoms with E-state index < -0.39 is 0 Å². The van der Waals surface area contributed by atoms with E-state index in [0.717, 1.165) is 11.3 Å². The van der Waals surface area contributed by atoms with E-state index in [2.05, 4.69) is 0 Å². The van der Waals surface area contributed by atoms with Gasteiger partial charge in [-0.1, -0.05) is 0 Å². The third kappa shape index (κ3) is 2.48. The molecule has 1 aromatic rings. The molecule has 1 fully saturated rings. The Kier molecular flexibility index (Phi) is 4.53. The third-order valence-electron chi connectivity index (χ3n) is 4.24. The van der Waals surface area contributed by atoms with Crippen molar-refractivity contribution < 1.29 is 14.4 Å². The largest absolute Gasteiger partial charge is 0.338 e. The summed E-state index contributed by atoms with van der Waals surface area (Å²) in [6.45, 7) is 1.91. The number of rotatable bonds is 2. The molecule has 0 aliphatic carbocycles. The fourth-order valence-electron chi connectivity index (χ4n) is 2.89. The van der Waals surface area contributed by atoms with Crippen molar-refractivity contribution >= 4 is 30.1 Å². The van der Waals surface area contributed by atoms with Crippen LogP contribution in [0.25, 0.3) is 0 Å². The van der Waals surface area contributed by atoms with Crippen LogP contribution in [0.15, 0.2) is 18.2 Å². The fourth-order valence-corrected chi connectivity index (χ4v) is 2.89. The number of hydrogen-bond acceptors (Lipinski definition) is 4. The molecule has 2 aliphatic heterocycles. The van der Waals surface area contributed by atoms with Crippen LogP contribution in [0, 0.1) is 5.92 Å². The second-order valence-corrected chi connectivity index (χ2v) is 5.57. The van der Waals surface area contributed by atoms with Gasteiger partial charge in [0.25, 0.3) is 17.7 Å². The lowest BCUT2D eigenvalue weighted by Gasteiger charge is -2.16. The molecule has 0 aromatic heterocycles. The van der Waals surface area contributed by atoms with Gasteiger partial charge in [0.1, 0.15) is 0 Å². The maximum atomic E-state index is 12.5. The molecule has 2 heterocycles. The normalized spacial score (nSPS) is 20.2. The third-order valence-corrected chi connectivity index (χ3v) is 4.24. The quantitative estimate of drug-likeness (QED) is 0.814. The van der Waals surface area contributed by atoms with Crippen molar-refractivity contribution in [2.75, 3.05) is 26.7 Å². The van der Waals surface area contributed by atoms with Gasteiger partial charge < -0.3 is 10.6 Å². The van der Waals surface area contributed by atoms with Gasteiger partial charge in [0.05, 0.1) is 11.1 Å². The van der Waals surface area contributed by atoms with Crippen molar-refractivity contribution in [1.82, 2.24) is 9.80 Å². The Bertz CT molecular complexity index is 647. The van der Waals surface area contributed by atoms with Gasteiger partial charge in [0.2, 0.25) is 0 Å². The molecule has 1 atom stereocenters. The van der Waals surface area contributed by atoms with Crippen molar-refractivity contribution in [3.05, 3.63) is 34.9 Å². The molecule has 0 saturated carbocycles. The van der Waals surface area contributed by atoms with Gasteiger partial charge in [0.15, 0.2) is 0 Å². The van der Waals surface area contributed by atoms with E-state index in [1.807, 2.05) is 0 Å². The van der Waals surface area contributed by atoms with Crippen LogP contribution in [0.3, 0.4) is 0 Å². The molecule has 2 aliphatic rings. The molecule has 0 radical (unpaired) electrons. The lowest BCUT2D eigenvalue weighted by molar-refractivity contribution is 0.0692. The number of hydrogen-bond donors (Lipinski definition) is 1. The van der Waals surface area contributed by atoms with Crippen LogP contribution in [0.4, 0.5) is 0 Å². The minimum atomic E-state index is -0.356. The average molecular weight is 324 g/mol. The summed E-state index contributed by atoms with van der Waals surface area (Å²) in [6.07, 6.45) is 0.910. The number of carbonyl (C=O) groups is 3. The number of halogens is 1. The zero-order valence-corrected chi connectivity index (χ0v) is 13.1. The lowest BCUT2D eigenvalue weighted by Crippen LogP contribution is -2.30. The highest BCUT2D eigenvalue weighted by Gasteiger charge is 2.34. The Morgan fingerprint density at radius 1 is 1.27 bits per heavy atom. The van der Waals surface area contributed by atoms with E-state index in [1.54, 1.807) is 17.0 Å². The van der Waals surface area contributed by atoms with Gasteiger partial charge in [-0.3, -0.25) is 19.3 Å². The van der Waals surface area contributed by atoms with E-state index in [-0.39, 0.29) is 30.1 Å². The molecule has 2 N–H and O–H groups in total. The van der Waals surface area contributed by atoms with Crippen LogP contribution in [0.2, 0.25) is 0 Å². The number of carbonyl (C=O) groups excluding carboxylic acids is 3. The molecule has 3 rings (SSSR count). The highest BCUT2D eigenvalue weighted by atomic mass is 35.5. The Balaban J connectivity index is 0.00000176. The first-order valence-electron chi connectivity index (χ1n) is 6.98. The molecule has 22 heavy (non-hydrogen) atoms. The van der Waals surface area contributed by atoms with Crippen LogP contribution in [-0.4, -0.2) is 54.2 Å². The summed E-state index contributed by atoms with van der Waals surface area (Å²) in [6, 6.07) is 4.70. The SMILES string of the molecule is CN1C(=O)c2ccc(C(=O)N3CCC(CN)C3)cc2C1=O.Cl. The maximum Gasteiger partial charge on any atom is 0.261 e. The number of benzene rings is 1. The highest BCUT2D eigenvalue weighted by molar-refractivity contribution is 6.21. The molecule has 1 saturated heterocycles. The zero-order valence-electron chi connectivity index (χ0n) is 12.2. The van der Waals surface area contributed by atoms with Gasteiger partial charge >= 0.3 is 0 Å². The summed E-state index contributed by atoms with van der Waals surface area (Å²) in [5, 5.41) is 0. The molecule has 118 valence electrons. The van der Waals surface area contributed by atoms with Crippen molar-refractivity contribution in [3.8, 4) is 0 Å². The molecule has 1 aromatic carbocycles. The van der Waals surface area contributed by atoms with Gasteiger partial charge in [0, 0.05) is 25.7 Å². The first-order valence-corrected chi connectivity index (χ1v) is 6.98. The topological polar surface area (TPSA) is 83.7 Å². The van der Waals surface area contributed by atoms with Crippen molar-refractivity contribution in [3.63, 3.8) is 0 Å². The summed E-state index contributed by atoms with van der Waals surface area (Å²) >= 11 is 0. The lowest BCUT2D eigenvalue weighted by atomic mass is 10.0. The molecular weight excluding hydrogens is 306 g/mol. The smallest absolute Gasteiger partial charge is 0.261 e. The van der Waals surface area contributed by atoms with E-state index >= 15 is 0 Å². The molecule has 0 bridgehead atoms. The predicted molar refractivity (Wildman–Crippen MR) is 83.2 cm³/mol. The minimum absolute atomic E-state index is 0. The second kappa shape index (κ2) is 6.06. The Morgan fingerprint density at radius 3 is 2.59 bits per heavy atom. The van der Waals surface area contributed by atoms with Crippen LogP contribution >= 0.6 is 12.4 Å². The van der Waals surface area contributed by atoms with Gasteiger partial charge in [-0.2, -0.15) is 0 Å². The first kappa shape index (κ1) is 16.5. The van der Waals surface area contributed by atoms with Crippen LogP contribution in [0.5, 0.6) is 0 Å². The molecule has 6 nitrogen and oxygen atoms in total. The summed E-state index contributed by atoms with van der Waals surface area (Å²) in [5.74, 6) is -0.439. The molecule has 3 amide bonds. The number of amides is 3. The van der Waals surface area contributed by atoms with Crippen LogP contribution < -0.4 is 5.73 Å². The Labute approximate surface area is 134 Å². The predicted octanol–water partition coefficient (Wildman–Crippen LogP) is 0.755. The van der Waals surface area contributed by atoms with Crippen LogP contribution in [0.1, 0.15) is 37.5 Å². The Morgan fingerprint density at radius 2 is 1.95 bits per heavy atom. The van der Waals surface area contributed by atoms with Crippen molar-refractivity contribution in [1.29, 1.82) is 0 Å². The van der Waals surface area contributed by atoms with Gasteiger partial charge in [-0.05, 0) is 37.1 Å². The van der Waals surface area contributed by atoms with Gasteiger partial charge in [-0.25, -0.2) is 0 Å². The number of imide groups is 1. The van der Waals surface area contributed by atoms with Crippen molar-refractivity contribution in [2.45, 2.75) is 6.42 Å². The Hall–Kier alpha value is -1.92. The van der Waals surface area contributed by atoms with E-state index in [1.165, 1.54) is 13.1 Å². The van der Waals surface area contributed by atoms with Crippen LogP contribution in [-0.2, 0) is 0 Å². The second-order valence-electron chi connectivity index (χ2n) is 5.57. The summed E-state index contributed by atoms with van der Waals surface area (Å²) < 4.78 is 0. The zero-order chi connectivity index (χ0) is 15.1. The standard InChI is InChI=1S/C15H17N3O3.ClH/c1-17-14(20)11-3-2-10(6-12(11)15(17)21)13(19)18-5-4-9(7-16)8-18;/h2-3,6,9H,4-5,7-8,16H2,1H3;1H. The van der Waals surface area contributed by atoms with Crippen molar-refractivity contribution in [2.24, 2.45) is 11.7 Å². The number of likely N-dealkylation sites (tertiary alicyclic amines) is 1. The van der Waals surface area contributed by atoms with E-state index in [9.17, 15) is 14.4 Å². The minimum Gasteiger partial charge on any atom is -0.338 e. The molecular formula is C15H18ClN3O3.